The number of hydrogen-bond donors (Lipinski definition) is 0. The molecule has 1 aromatic heterocycles. The first kappa shape index (κ1) is 14.0. The van der Waals surface area contributed by atoms with Gasteiger partial charge in [0.15, 0.2) is 0 Å². The Balaban J connectivity index is 2.06. The molecule has 0 N–H and O–H groups in total. The summed E-state index contributed by atoms with van der Waals surface area (Å²) >= 11 is 0. The largest absolute Gasteiger partial charge is 0.286 e. The predicted octanol–water partition coefficient (Wildman–Crippen LogP) is 4.42. The lowest BCUT2D eigenvalue weighted by atomic mass is 9.97. The Labute approximate surface area is 129 Å². The smallest absolute Gasteiger partial charge is 0.225 e. The quantitative estimate of drug-likeness (QED) is 0.664. The van der Waals surface area contributed by atoms with Gasteiger partial charge in [0.25, 0.3) is 0 Å². The molecule has 0 saturated heterocycles. The summed E-state index contributed by atoms with van der Waals surface area (Å²) < 4.78 is 0. The molecule has 0 bridgehead atoms. The van der Waals surface area contributed by atoms with E-state index in [4.69, 9.17) is 0 Å². The normalized spacial score (nSPS) is 10.9. The van der Waals surface area contributed by atoms with E-state index in [-0.39, 0.29) is 0 Å². The van der Waals surface area contributed by atoms with Crippen molar-refractivity contribution < 1.29 is 4.79 Å². The number of aromatic nitrogens is 1. The van der Waals surface area contributed by atoms with Gasteiger partial charge >= 0.3 is 0 Å². The zero-order valence-corrected chi connectivity index (χ0v) is 12.0. The molecule has 1 radical (unpaired) electrons. The molecule has 22 heavy (non-hydrogen) atoms. The fourth-order valence-electron chi connectivity index (χ4n) is 2.41. The van der Waals surface area contributed by atoms with Gasteiger partial charge in [-0.3, -0.25) is 4.79 Å². The van der Waals surface area contributed by atoms with Gasteiger partial charge in [-0.1, -0.05) is 61.2 Å². The van der Waals surface area contributed by atoms with Crippen LogP contribution in [0.3, 0.4) is 0 Å². The van der Waals surface area contributed by atoms with Gasteiger partial charge in [0.2, 0.25) is 6.29 Å². The highest BCUT2D eigenvalue weighted by Crippen LogP contribution is 2.25. The van der Waals surface area contributed by atoms with Crippen LogP contribution in [0.4, 0.5) is 0 Å². The molecule has 1 heterocycles. The van der Waals surface area contributed by atoms with E-state index in [1.165, 1.54) is 6.08 Å². The molecular weight excluding hydrogens is 270 g/mol. The number of pyridine rings is 1. The summed E-state index contributed by atoms with van der Waals surface area (Å²) in [5, 5.41) is 1.10. The van der Waals surface area contributed by atoms with E-state index in [0.717, 1.165) is 33.3 Å². The second kappa shape index (κ2) is 6.19. The van der Waals surface area contributed by atoms with Crippen LogP contribution in [-0.2, 0) is 4.79 Å². The highest BCUT2D eigenvalue weighted by atomic mass is 16.1. The summed E-state index contributed by atoms with van der Waals surface area (Å²) in [5.74, 6) is 0. The van der Waals surface area contributed by atoms with Crippen LogP contribution in [0.25, 0.3) is 22.6 Å². The maximum absolute atomic E-state index is 10.4. The van der Waals surface area contributed by atoms with Crippen molar-refractivity contribution in [1.29, 1.82) is 0 Å². The van der Waals surface area contributed by atoms with Gasteiger partial charge in [-0.25, -0.2) is 4.98 Å². The Hall–Kier alpha value is -3.00. The molecule has 0 fully saturated rings. The van der Waals surface area contributed by atoms with E-state index in [0.29, 0.717) is 0 Å². The molecular formula is C20H14NO. The molecule has 0 atom stereocenters. The Morgan fingerprint density at radius 3 is 2.64 bits per heavy atom. The maximum atomic E-state index is 10.4. The zero-order valence-electron chi connectivity index (χ0n) is 12.0. The number of para-hydroxylation sites is 1. The summed E-state index contributed by atoms with van der Waals surface area (Å²) in [6.07, 6.45) is 4.86. The van der Waals surface area contributed by atoms with Gasteiger partial charge in [0.05, 0.1) is 11.2 Å². The number of benzene rings is 2. The summed E-state index contributed by atoms with van der Waals surface area (Å²) in [6.45, 7) is 4.18. The molecule has 0 aliphatic carbocycles. The third-order valence-electron chi connectivity index (χ3n) is 3.52. The molecule has 0 aliphatic rings. The summed E-state index contributed by atoms with van der Waals surface area (Å²) in [6, 6.07) is 19.8. The van der Waals surface area contributed by atoms with E-state index < -0.39 is 0 Å². The standard InChI is InChI=1S/C20H14NO/c1-15(18-10-4-2-7-16(18)9-6-14-22)19-13-12-17-8-3-5-11-20(17)21-19/h2-13H,1H2/b9-6+. The summed E-state index contributed by atoms with van der Waals surface area (Å²) in [7, 11) is 0. The van der Waals surface area contributed by atoms with Crippen LogP contribution in [0.2, 0.25) is 0 Å². The molecule has 2 aromatic carbocycles. The maximum Gasteiger partial charge on any atom is 0.225 e. The predicted molar refractivity (Wildman–Crippen MR) is 91.0 cm³/mol. The molecule has 0 amide bonds. The van der Waals surface area contributed by atoms with Gasteiger partial charge in [-0.15, -0.1) is 0 Å². The van der Waals surface area contributed by atoms with Crippen LogP contribution in [-0.4, -0.2) is 11.3 Å². The van der Waals surface area contributed by atoms with Crippen molar-refractivity contribution in [2.75, 3.05) is 0 Å². The highest BCUT2D eigenvalue weighted by molar-refractivity contribution is 5.87. The van der Waals surface area contributed by atoms with Crippen molar-refractivity contribution in [3.8, 4) is 0 Å². The number of hydrogen-bond acceptors (Lipinski definition) is 2. The van der Waals surface area contributed by atoms with E-state index in [2.05, 4.69) is 11.6 Å². The fourth-order valence-corrected chi connectivity index (χ4v) is 2.41. The lowest BCUT2D eigenvalue weighted by Crippen LogP contribution is -1.93. The van der Waals surface area contributed by atoms with Crippen molar-refractivity contribution in [3.05, 3.63) is 90.1 Å². The third kappa shape index (κ3) is 2.72. The van der Waals surface area contributed by atoms with Crippen LogP contribution >= 0.6 is 0 Å². The van der Waals surface area contributed by atoms with Crippen LogP contribution in [0.5, 0.6) is 0 Å². The van der Waals surface area contributed by atoms with Crippen molar-refractivity contribution in [2.45, 2.75) is 0 Å². The fraction of sp³-hybridized carbons (Fsp3) is 0. The number of fused-ring (bicyclic) bond motifs is 1. The first-order valence-electron chi connectivity index (χ1n) is 6.98. The van der Waals surface area contributed by atoms with Crippen molar-refractivity contribution in [3.63, 3.8) is 0 Å². The van der Waals surface area contributed by atoms with Crippen molar-refractivity contribution >= 4 is 28.8 Å². The SMILES string of the molecule is C=C(c1ccc2ccccc2n1)c1ccccc1/C=C/[C]=O. The molecule has 0 aliphatic heterocycles. The first-order chi connectivity index (χ1) is 10.8. The van der Waals surface area contributed by atoms with Gasteiger partial charge in [0.1, 0.15) is 0 Å². The molecule has 2 nitrogen and oxygen atoms in total. The number of rotatable bonds is 4. The minimum Gasteiger partial charge on any atom is -0.286 e. The van der Waals surface area contributed by atoms with Gasteiger partial charge in [-0.05, 0) is 29.3 Å². The Kier molecular flexibility index (Phi) is 3.92. The van der Waals surface area contributed by atoms with Crippen LogP contribution in [0.15, 0.2) is 73.3 Å². The lowest BCUT2D eigenvalue weighted by molar-refractivity contribution is 0.564. The Morgan fingerprint density at radius 2 is 1.77 bits per heavy atom. The number of nitrogens with zero attached hydrogens (tertiary/aromatic N) is 1. The van der Waals surface area contributed by atoms with Crippen LogP contribution < -0.4 is 0 Å². The third-order valence-corrected chi connectivity index (χ3v) is 3.52. The number of allylic oxidation sites excluding steroid dienone is 1. The highest BCUT2D eigenvalue weighted by Gasteiger charge is 2.08. The molecule has 0 spiro atoms. The molecule has 2 heteroatoms. The zero-order chi connectivity index (χ0) is 15.4. The van der Waals surface area contributed by atoms with E-state index in [1.54, 1.807) is 12.4 Å². The average molecular weight is 284 g/mol. The monoisotopic (exact) mass is 284 g/mol. The number of carbonyl (C=O) groups excluding carboxylic acids is 1. The summed E-state index contributed by atoms with van der Waals surface area (Å²) in [4.78, 5) is 15.1. The topological polar surface area (TPSA) is 30.0 Å². The van der Waals surface area contributed by atoms with E-state index in [9.17, 15) is 4.79 Å². The average Bonchev–Trinajstić information content (AvgIpc) is 2.59. The van der Waals surface area contributed by atoms with Gasteiger partial charge < -0.3 is 0 Å². The minimum absolute atomic E-state index is 0.828. The van der Waals surface area contributed by atoms with Gasteiger partial charge in [-0.2, -0.15) is 0 Å². The van der Waals surface area contributed by atoms with Crippen LogP contribution in [0, 0.1) is 0 Å². The van der Waals surface area contributed by atoms with Crippen molar-refractivity contribution in [2.24, 2.45) is 0 Å². The molecule has 0 unspecified atom stereocenters. The lowest BCUT2D eigenvalue weighted by Gasteiger charge is -2.10. The Morgan fingerprint density at radius 1 is 1.00 bits per heavy atom. The second-order valence-corrected chi connectivity index (χ2v) is 4.91. The van der Waals surface area contributed by atoms with Crippen molar-refractivity contribution in [1.82, 2.24) is 4.98 Å². The summed E-state index contributed by atoms with van der Waals surface area (Å²) in [5.41, 5.74) is 4.48. The first-order valence-corrected chi connectivity index (χ1v) is 6.98. The molecule has 3 rings (SSSR count). The van der Waals surface area contributed by atoms with Crippen LogP contribution in [0.1, 0.15) is 16.8 Å². The molecule has 105 valence electrons. The second-order valence-electron chi connectivity index (χ2n) is 4.91. The Bertz CT molecular complexity index is 878. The van der Waals surface area contributed by atoms with E-state index in [1.807, 2.05) is 60.7 Å². The minimum atomic E-state index is 0.828. The molecule has 0 saturated carbocycles. The molecule has 3 aromatic rings. The van der Waals surface area contributed by atoms with E-state index >= 15 is 0 Å². The van der Waals surface area contributed by atoms with Gasteiger partial charge in [0, 0.05) is 11.0 Å².